The van der Waals surface area contributed by atoms with Gasteiger partial charge in [-0.25, -0.2) is 4.39 Å². The Bertz CT molecular complexity index is 572. The fourth-order valence-electron chi connectivity index (χ4n) is 1.80. The van der Waals surface area contributed by atoms with E-state index in [4.69, 9.17) is 0 Å². The molecule has 0 fully saturated rings. The number of hydrogen-bond acceptors (Lipinski definition) is 1. The second kappa shape index (κ2) is 6.64. The lowest BCUT2D eigenvalue weighted by molar-refractivity contribution is 0.569. The van der Waals surface area contributed by atoms with Crippen molar-refractivity contribution in [3.8, 4) is 0 Å². The third kappa shape index (κ3) is 3.88. The molecular weight excluding hydrogens is 373 g/mol. The molecule has 1 unspecified atom stereocenters. The summed E-state index contributed by atoms with van der Waals surface area (Å²) < 4.78 is 14.8. The average molecular weight is 387 g/mol. The van der Waals surface area contributed by atoms with Gasteiger partial charge >= 0.3 is 0 Å². The molecule has 19 heavy (non-hydrogen) atoms. The van der Waals surface area contributed by atoms with E-state index in [9.17, 15) is 4.39 Å². The minimum Gasteiger partial charge on any atom is -0.306 e. The van der Waals surface area contributed by atoms with Crippen LogP contribution in [0.25, 0.3) is 0 Å². The van der Waals surface area contributed by atoms with Crippen molar-refractivity contribution in [3.63, 3.8) is 0 Å². The SMILES string of the molecule is CC(NCc1ccccc1Br)c1ccc(F)c(Br)c1. The molecule has 0 bridgehead atoms. The Hall–Kier alpha value is -0.710. The van der Waals surface area contributed by atoms with E-state index in [0.29, 0.717) is 4.47 Å². The molecule has 1 atom stereocenters. The molecule has 0 heterocycles. The van der Waals surface area contributed by atoms with Crippen LogP contribution in [0.4, 0.5) is 4.39 Å². The Labute approximate surface area is 129 Å². The number of rotatable bonds is 4. The molecule has 2 aromatic carbocycles. The van der Waals surface area contributed by atoms with Crippen LogP contribution in [-0.2, 0) is 6.54 Å². The quantitative estimate of drug-likeness (QED) is 0.761. The lowest BCUT2D eigenvalue weighted by Gasteiger charge is -2.15. The van der Waals surface area contributed by atoms with Gasteiger partial charge in [0.25, 0.3) is 0 Å². The van der Waals surface area contributed by atoms with E-state index in [-0.39, 0.29) is 11.9 Å². The molecule has 0 aliphatic carbocycles. The number of hydrogen-bond donors (Lipinski definition) is 1. The summed E-state index contributed by atoms with van der Waals surface area (Å²) in [4.78, 5) is 0. The molecule has 4 heteroatoms. The van der Waals surface area contributed by atoms with E-state index in [1.165, 1.54) is 11.6 Å². The third-order valence-electron chi connectivity index (χ3n) is 3.00. The number of nitrogens with one attached hydrogen (secondary N) is 1. The molecule has 0 aliphatic heterocycles. The van der Waals surface area contributed by atoms with Crippen LogP contribution < -0.4 is 5.32 Å². The highest BCUT2D eigenvalue weighted by molar-refractivity contribution is 9.10. The monoisotopic (exact) mass is 385 g/mol. The first-order valence-electron chi connectivity index (χ1n) is 5.99. The van der Waals surface area contributed by atoms with Gasteiger partial charge in [0, 0.05) is 17.1 Å². The molecule has 0 saturated heterocycles. The summed E-state index contributed by atoms with van der Waals surface area (Å²) in [7, 11) is 0. The summed E-state index contributed by atoms with van der Waals surface area (Å²) in [5, 5.41) is 3.43. The summed E-state index contributed by atoms with van der Waals surface area (Å²) in [6.07, 6.45) is 0. The van der Waals surface area contributed by atoms with Gasteiger partial charge in [0.2, 0.25) is 0 Å². The molecule has 0 radical (unpaired) electrons. The van der Waals surface area contributed by atoms with Crippen molar-refractivity contribution in [3.05, 3.63) is 68.4 Å². The van der Waals surface area contributed by atoms with Crippen molar-refractivity contribution in [1.29, 1.82) is 0 Å². The maximum atomic E-state index is 13.2. The Kier molecular flexibility index (Phi) is 5.13. The summed E-state index contributed by atoms with van der Waals surface area (Å²) >= 11 is 6.74. The zero-order chi connectivity index (χ0) is 13.8. The van der Waals surface area contributed by atoms with Crippen LogP contribution in [-0.4, -0.2) is 0 Å². The highest BCUT2D eigenvalue weighted by Gasteiger charge is 2.08. The first kappa shape index (κ1) is 14.7. The van der Waals surface area contributed by atoms with Crippen LogP contribution in [0, 0.1) is 5.82 Å². The van der Waals surface area contributed by atoms with E-state index in [0.717, 1.165) is 16.6 Å². The molecule has 0 spiro atoms. The minimum absolute atomic E-state index is 0.156. The standard InChI is InChI=1S/C15H14Br2FN/c1-10(11-6-7-15(18)14(17)8-11)19-9-12-4-2-3-5-13(12)16/h2-8,10,19H,9H2,1H3. The van der Waals surface area contributed by atoms with Crippen LogP contribution in [0.1, 0.15) is 24.1 Å². The van der Waals surface area contributed by atoms with E-state index in [1.54, 1.807) is 6.07 Å². The Morgan fingerprint density at radius 1 is 1.11 bits per heavy atom. The van der Waals surface area contributed by atoms with Crippen molar-refractivity contribution >= 4 is 31.9 Å². The summed E-state index contributed by atoms with van der Waals surface area (Å²) in [6.45, 7) is 2.83. The predicted molar refractivity (Wildman–Crippen MR) is 83.5 cm³/mol. The maximum Gasteiger partial charge on any atom is 0.137 e. The van der Waals surface area contributed by atoms with E-state index in [2.05, 4.69) is 50.2 Å². The lowest BCUT2D eigenvalue weighted by Crippen LogP contribution is -2.18. The van der Waals surface area contributed by atoms with Crippen molar-refractivity contribution < 1.29 is 4.39 Å². The van der Waals surface area contributed by atoms with E-state index >= 15 is 0 Å². The van der Waals surface area contributed by atoms with Gasteiger partial charge in [-0.2, -0.15) is 0 Å². The van der Waals surface area contributed by atoms with Crippen molar-refractivity contribution in [2.45, 2.75) is 19.5 Å². The van der Waals surface area contributed by atoms with Crippen molar-refractivity contribution in [1.82, 2.24) is 5.32 Å². The van der Waals surface area contributed by atoms with E-state index in [1.807, 2.05) is 24.3 Å². The number of benzene rings is 2. The van der Waals surface area contributed by atoms with Crippen LogP contribution in [0.5, 0.6) is 0 Å². The van der Waals surface area contributed by atoms with Gasteiger partial charge in [0.05, 0.1) is 4.47 Å². The fourth-order valence-corrected chi connectivity index (χ4v) is 2.63. The molecule has 2 aromatic rings. The maximum absolute atomic E-state index is 13.2. The topological polar surface area (TPSA) is 12.0 Å². The van der Waals surface area contributed by atoms with Crippen LogP contribution in [0.15, 0.2) is 51.4 Å². The summed E-state index contributed by atoms with van der Waals surface area (Å²) in [5.41, 5.74) is 2.26. The van der Waals surface area contributed by atoms with Gasteiger partial charge in [-0.1, -0.05) is 40.2 Å². The smallest absolute Gasteiger partial charge is 0.137 e. The third-order valence-corrected chi connectivity index (χ3v) is 4.38. The van der Waals surface area contributed by atoms with Gasteiger partial charge < -0.3 is 5.32 Å². The first-order chi connectivity index (χ1) is 9.08. The van der Waals surface area contributed by atoms with Crippen molar-refractivity contribution in [2.75, 3.05) is 0 Å². The van der Waals surface area contributed by atoms with Crippen LogP contribution >= 0.6 is 31.9 Å². The molecule has 0 aliphatic rings. The first-order valence-corrected chi connectivity index (χ1v) is 7.58. The zero-order valence-corrected chi connectivity index (χ0v) is 13.6. The predicted octanol–water partition coefficient (Wildman–Crippen LogP) is 5.20. The molecule has 0 amide bonds. The Balaban J connectivity index is 2.03. The summed E-state index contributed by atoms with van der Waals surface area (Å²) in [5.74, 6) is -0.234. The Morgan fingerprint density at radius 3 is 2.53 bits per heavy atom. The Morgan fingerprint density at radius 2 is 1.84 bits per heavy atom. The van der Waals surface area contributed by atoms with Gasteiger partial charge in [-0.05, 0) is 52.2 Å². The molecule has 0 aromatic heterocycles. The van der Waals surface area contributed by atoms with Crippen LogP contribution in [0.3, 0.4) is 0 Å². The molecule has 100 valence electrons. The van der Waals surface area contributed by atoms with Gasteiger partial charge in [0.1, 0.15) is 5.82 Å². The van der Waals surface area contributed by atoms with Crippen LogP contribution in [0.2, 0.25) is 0 Å². The highest BCUT2D eigenvalue weighted by Crippen LogP contribution is 2.22. The normalized spacial score (nSPS) is 12.4. The fraction of sp³-hybridized carbons (Fsp3) is 0.200. The molecular formula is C15H14Br2FN. The zero-order valence-electron chi connectivity index (χ0n) is 10.5. The molecule has 1 nitrogen and oxygen atoms in total. The average Bonchev–Trinajstić information content (AvgIpc) is 2.40. The highest BCUT2D eigenvalue weighted by atomic mass is 79.9. The molecule has 0 saturated carbocycles. The second-order valence-electron chi connectivity index (χ2n) is 4.37. The number of halogens is 3. The minimum atomic E-state index is -0.234. The van der Waals surface area contributed by atoms with Gasteiger partial charge in [-0.15, -0.1) is 0 Å². The second-order valence-corrected chi connectivity index (χ2v) is 6.08. The molecule has 2 rings (SSSR count). The van der Waals surface area contributed by atoms with E-state index < -0.39 is 0 Å². The molecule has 1 N–H and O–H groups in total. The van der Waals surface area contributed by atoms with Gasteiger partial charge in [0.15, 0.2) is 0 Å². The van der Waals surface area contributed by atoms with Crippen molar-refractivity contribution in [2.24, 2.45) is 0 Å². The summed E-state index contributed by atoms with van der Waals surface area (Å²) in [6, 6.07) is 13.4. The lowest BCUT2D eigenvalue weighted by atomic mass is 10.1. The van der Waals surface area contributed by atoms with Gasteiger partial charge in [-0.3, -0.25) is 0 Å². The largest absolute Gasteiger partial charge is 0.306 e.